The van der Waals surface area contributed by atoms with Crippen LogP contribution in [0.3, 0.4) is 0 Å². The molecule has 1 aliphatic heterocycles. The number of benzene rings is 2. The molecule has 0 unspecified atom stereocenters. The van der Waals surface area contributed by atoms with Crippen molar-refractivity contribution in [2.24, 2.45) is 0 Å². The number of nitrogens with zero attached hydrogens (tertiary/aromatic N) is 2. The van der Waals surface area contributed by atoms with Crippen LogP contribution in [0.2, 0.25) is 0 Å². The van der Waals surface area contributed by atoms with Crippen LogP contribution in [0.25, 0.3) is 5.57 Å². The maximum atomic E-state index is 13.4. The molecule has 0 bridgehead atoms. The van der Waals surface area contributed by atoms with Gasteiger partial charge in [0.1, 0.15) is 5.70 Å². The topological polar surface area (TPSA) is 90.0 Å². The van der Waals surface area contributed by atoms with E-state index < -0.39 is 11.8 Å². The van der Waals surface area contributed by atoms with E-state index in [0.29, 0.717) is 16.9 Å². The van der Waals surface area contributed by atoms with E-state index in [1.165, 1.54) is 11.8 Å². The molecule has 0 radical (unpaired) electrons. The number of carbonyl (C=O) groups excluding carboxylic acids is 3. The minimum Gasteiger partial charge on any atom is -0.395 e. The zero-order chi connectivity index (χ0) is 22.0. The first kappa shape index (κ1) is 21.3. The third-order valence-corrected chi connectivity index (χ3v) is 4.96. The van der Waals surface area contributed by atoms with Gasteiger partial charge in [0.05, 0.1) is 17.9 Å². The van der Waals surface area contributed by atoms with Gasteiger partial charge in [-0.15, -0.1) is 0 Å². The van der Waals surface area contributed by atoms with Crippen LogP contribution in [0.1, 0.15) is 23.6 Å². The molecule has 0 aromatic heterocycles. The summed E-state index contributed by atoms with van der Waals surface area (Å²) < 4.78 is 0. The first-order chi connectivity index (χ1) is 14.2. The number of carbonyl (C=O) groups is 3. The smallest absolute Gasteiger partial charge is 0.282 e. The van der Waals surface area contributed by atoms with Crippen LogP contribution in [-0.2, 0) is 14.4 Å². The van der Waals surface area contributed by atoms with Crippen LogP contribution in [0.5, 0.6) is 0 Å². The van der Waals surface area contributed by atoms with Gasteiger partial charge in [0.15, 0.2) is 0 Å². The number of hydrogen-bond acceptors (Lipinski definition) is 5. The van der Waals surface area contributed by atoms with E-state index in [2.05, 4.69) is 5.32 Å². The van der Waals surface area contributed by atoms with Gasteiger partial charge in [-0.1, -0.05) is 29.8 Å². The van der Waals surface area contributed by atoms with E-state index in [9.17, 15) is 19.5 Å². The van der Waals surface area contributed by atoms with Crippen molar-refractivity contribution in [2.45, 2.75) is 20.8 Å². The highest BCUT2D eigenvalue weighted by Crippen LogP contribution is 2.36. The third-order valence-electron chi connectivity index (χ3n) is 4.96. The maximum Gasteiger partial charge on any atom is 0.282 e. The summed E-state index contributed by atoms with van der Waals surface area (Å²) in [6.07, 6.45) is 0. The highest BCUT2D eigenvalue weighted by atomic mass is 16.3. The molecule has 7 nitrogen and oxygen atoms in total. The first-order valence-electron chi connectivity index (χ1n) is 9.65. The molecule has 0 atom stereocenters. The Hall–Kier alpha value is -3.45. The van der Waals surface area contributed by atoms with Crippen molar-refractivity contribution in [3.05, 3.63) is 64.9 Å². The quantitative estimate of drug-likeness (QED) is 0.718. The van der Waals surface area contributed by atoms with E-state index in [-0.39, 0.29) is 30.3 Å². The third kappa shape index (κ3) is 3.97. The zero-order valence-electron chi connectivity index (χ0n) is 17.5. The van der Waals surface area contributed by atoms with E-state index in [4.69, 9.17) is 0 Å². The molecule has 30 heavy (non-hydrogen) atoms. The van der Waals surface area contributed by atoms with Crippen molar-refractivity contribution in [3.8, 4) is 0 Å². The Labute approximate surface area is 175 Å². The van der Waals surface area contributed by atoms with Crippen molar-refractivity contribution in [1.29, 1.82) is 0 Å². The molecule has 0 saturated carbocycles. The lowest BCUT2D eigenvalue weighted by Gasteiger charge is -2.21. The van der Waals surface area contributed by atoms with Gasteiger partial charge in [-0.2, -0.15) is 0 Å². The standard InChI is InChI=1S/C23H25N3O4/c1-14-5-10-19(15(2)13-14)26-22(29)20(21(23(26)30)25(4)11-12-27)17-6-8-18(9-7-17)24-16(3)28/h5-10,13,27H,11-12H2,1-4H3,(H,24,28). The van der Waals surface area contributed by atoms with Crippen LogP contribution < -0.4 is 10.2 Å². The molecule has 0 saturated heterocycles. The summed E-state index contributed by atoms with van der Waals surface area (Å²) in [5.41, 5.74) is 4.06. The van der Waals surface area contributed by atoms with Crippen molar-refractivity contribution in [3.63, 3.8) is 0 Å². The average Bonchev–Trinajstić information content (AvgIpc) is 2.93. The second kappa shape index (κ2) is 8.51. The van der Waals surface area contributed by atoms with Crippen LogP contribution in [0, 0.1) is 13.8 Å². The fourth-order valence-corrected chi connectivity index (χ4v) is 3.59. The summed E-state index contributed by atoms with van der Waals surface area (Å²) in [4.78, 5) is 40.8. The Morgan fingerprint density at radius 1 is 1.07 bits per heavy atom. The second-order valence-electron chi connectivity index (χ2n) is 7.36. The lowest BCUT2D eigenvalue weighted by atomic mass is 10.0. The molecule has 3 rings (SSSR count). The van der Waals surface area contributed by atoms with Gasteiger partial charge >= 0.3 is 0 Å². The van der Waals surface area contributed by atoms with Crippen LogP contribution >= 0.6 is 0 Å². The first-order valence-corrected chi connectivity index (χ1v) is 9.65. The average molecular weight is 407 g/mol. The molecular weight excluding hydrogens is 382 g/mol. The summed E-state index contributed by atoms with van der Waals surface area (Å²) in [5, 5.41) is 12.1. The SMILES string of the molecule is CC(=O)Nc1ccc(C2=C(N(C)CCO)C(=O)N(c3ccc(C)cc3C)C2=O)cc1. The summed E-state index contributed by atoms with van der Waals surface area (Å²) in [6, 6.07) is 12.3. The lowest BCUT2D eigenvalue weighted by Crippen LogP contribution is -2.35. The zero-order valence-corrected chi connectivity index (χ0v) is 17.5. The fraction of sp³-hybridized carbons (Fsp3) is 0.261. The van der Waals surface area contributed by atoms with Crippen molar-refractivity contribution < 1.29 is 19.5 Å². The van der Waals surface area contributed by atoms with Gasteiger partial charge < -0.3 is 15.3 Å². The van der Waals surface area contributed by atoms with E-state index in [1.54, 1.807) is 42.3 Å². The minimum atomic E-state index is -0.427. The van der Waals surface area contributed by atoms with Gasteiger partial charge in [-0.3, -0.25) is 14.4 Å². The number of hydrogen-bond donors (Lipinski definition) is 2. The number of rotatable bonds is 6. The summed E-state index contributed by atoms with van der Waals surface area (Å²) >= 11 is 0. The highest BCUT2D eigenvalue weighted by molar-refractivity contribution is 6.45. The van der Waals surface area contributed by atoms with Crippen LogP contribution in [0.15, 0.2) is 48.2 Å². The summed E-state index contributed by atoms with van der Waals surface area (Å²) in [7, 11) is 1.67. The van der Waals surface area contributed by atoms with Crippen molar-refractivity contribution in [1.82, 2.24) is 4.90 Å². The molecule has 1 heterocycles. The molecule has 7 heteroatoms. The number of amides is 3. The maximum absolute atomic E-state index is 13.4. The predicted octanol–water partition coefficient (Wildman–Crippen LogP) is 2.47. The molecule has 2 aromatic carbocycles. The van der Waals surface area contributed by atoms with Gasteiger partial charge in [-0.25, -0.2) is 4.90 Å². The molecule has 1 aliphatic rings. The number of aliphatic hydroxyl groups is 1. The molecular formula is C23H25N3O4. The number of nitrogens with one attached hydrogen (secondary N) is 1. The van der Waals surface area contributed by atoms with E-state index >= 15 is 0 Å². The Balaban J connectivity index is 2.09. The summed E-state index contributed by atoms with van der Waals surface area (Å²) in [6.45, 7) is 5.28. The Kier molecular flexibility index (Phi) is 6.03. The monoisotopic (exact) mass is 407 g/mol. The Bertz CT molecular complexity index is 1040. The minimum absolute atomic E-state index is 0.153. The lowest BCUT2D eigenvalue weighted by molar-refractivity contribution is -0.120. The normalized spacial score (nSPS) is 13.8. The molecule has 0 fully saturated rings. The summed E-state index contributed by atoms with van der Waals surface area (Å²) in [5.74, 6) is -1.04. The van der Waals surface area contributed by atoms with Crippen molar-refractivity contribution in [2.75, 3.05) is 30.4 Å². The molecule has 3 amide bonds. The van der Waals surface area contributed by atoms with E-state index in [1.807, 2.05) is 26.0 Å². The van der Waals surface area contributed by atoms with Gasteiger partial charge in [0.25, 0.3) is 11.8 Å². The molecule has 0 aliphatic carbocycles. The van der Waals surface area contributed by atoms with Crippen LogP contribution in [-0.4, -0.2) is 47.9 Å². The van der Waals surface area contributed by atoms with E-state index in [0.717, 1.165) is 11.1 Å². The Morgan fingerprint density at radius 2 is 1.73 bits per heavy atom. The number of aryl methyl sites for hydroxylation is 2. The largest absolute Gasteiger partial charge is 0.395 e. The van der Waals surface area contributed by atoms with Gasteiger partial charge in [-0.05, 0) is 43.2 Å². The molecule has 2 N–H and O–H groups in total. The molecule has 156 valence electrons. The van der Waals surface area contributed by atoms with Gasteiger partial charge in [0.2, 0.25) is 5.91 Å². The van der Waals surface area contributed by atoms with Crippen LogP contribution in [0.4, 0.5) is 11.4 Å². The van der Waals surface area contributed by atoms with Crippen molar-refractivity contribution >= 4 is 34.7 Å². The second-order valence-corrected chi connectivity index (χ2v) is 7.36. The Morgan fingerprint density at radius 3 is 2.30 bits per heavy atom. The fourth-order valence-electron chi connectivity index (χ4n) is 3.59. The number of likely N-dealkylation sites (N-methyl/N-ethyl adjacent to an activating group) is 1. The highest BCUT2D eigenvalue weighted by Gasteiger charge is 2.42. The number of anilines is 2. The van der Waals surface area contributed by atoms with Gasteiger partial charge in [0, 0.05) is 26.2 Å². The predicted molar refractivity (Wildman–Crippen MR) is 116 cm³/mol. The number of aliphatic hydroxyl groups excluding tert-OH is 1. The number of imide groups is 1. The molecule has 0 spiro atoms. The molecule has 2 aromatic rings.